The van der Waals surface area contributed by atoms with Gasteiger partial charge in [-0.1, -0.05) is 25.3 Å². The second-order valence-electron chi connectivity index (χ2n) is 7.21. The van der Waals surface area contributed by atoms with Gasteiger partial charge in [0.25, 0.3) is 5.91 Å². The van der Waals surface area contributed by atoms with Gasteiger partial charge in [0.15, 0.2) is 0 Å². The highest BCUT2D eigenvalue weighted by Crippen LogP contribution is 2.30. The second kappa shape index (κ2) is 8.39. The summed E-state index contributed by atoms with van der Waals surface area (Å²) in [6, 6.07) is 8.71. The zero-order valence-electron chi connectivity index (χ0n) is 16.2. The lowest BCUT2D eigenvalue weighted by molar-refractivity contribution is -0.122. The molecule has 0 atom stereocenters. The Kier molecular flexibility index (Phi) is 5.94. The molecule has 0 bridgehead atoms. The van der Waals surface area contributed by atoms with E-state index in [1.165, 1.54) is 6.20 Å². The topological polar surface area (TPSA) is 106 Å². The van der Waals surface area contributed by atoms with Gasteiger partial charge in [0.1, 0.15) is 17.2 Å². The number of rotatable bonds is 5. The highest BCUT2D eigenvalue weighted by atomic mass is 16.5. The summed E-state index contributed by atoms with van der Waals surface area (Å²) in [5.74, 6) is 0.626. The van der Waals surface area contributed by atoms with Gasteiger partial charge in [-0.2, -0.15) is 0 Å². The van der Waals surface area contributed by atoms with Crippen LogP contribution in [0.1, 0.15) is 48.2 Å². The molecule has 148 valence electrons. The van der Waals surface area contributed by atoms with E-state index < -0.39 is 5.54 Å². The number of anilines is 1. The third kappa shape index (κ3) is 4.48. The number of carbonyl (C=O) groups is 2. The Bertz CT molecular complexity index is 876. The fourth-order valence-corrected chi connectivity index (χ4v) is 3.31. The number of aryl methyl sites for hydroxylation is 1. The number of ether oxygens (including phenoxy) is 1. The highest BCUT2D eigenvalue weighted by molar-refractivity contribution is 5.98. The Morgan fingerprint density at radius 3 is 2.61 bits per heavy atom. The molecule has 0 radical (unpaired) electrons. The number of nitrogens with zero attached hydrogens (tertiary/aromatic N) is 1. The molecule has 2 amide bonds. The van der Waals surface area contributed by atoms with Crippen LogP contribution in [-0.2, 0) is 4.79 Å². The average molecular weight is 382 g/mol. The van der Waals surface area contributed by atoms with Gasteiger partial charge >= 0.3 is 0 Å². The fourth-order valence-electron chi connectivity index (χ4n) is 3.31. The molecule has 28 heavy (non-hydrogen) atoms. The minimum absolute atomic E-state index is 0.159. The Morgan fingerprint density at radius 1 is 1.14 bits per heavy atom. The number of nitrogens with two attached hydrogens (primary N) is 1. The minimum atomic E-state index is -0.808. The summed E-state index contributed by atoms with van der Waals surface area (Å²) < 4.78 is 5.93. The predicted octanol–water partition coefficient (Wildman–Crippen LogP) is 3.14. The van der Waals surface area contributed by atoms with E-state index in [1.807, 2.05) is 19.1 Å². The van der Waals surface area contributed by atoms with Crippen LogP contribution in [0, 0.1) is 6.92 Å². The summed E-state index contributed by atoms with van der Waals surface area (Å²) in [5, 5.41) is 5.46. The van der Waals surface area contributed by atoms with Crippen molar-refractivity contribution in [3.05, 3.63) is 47.8 Å². The number of hydrogen-bond acceptors (Lipinski definition) is 5. The van der Waals surface area contributed by atoms with E-state index in [0.29, 0.717) is 30.0 Å². The van der Waals surface area contributed by atoms with Crippen molar-refractivity contribution in [2.75, 3.05) is 12.4 Å². The number of carbonyl (C=O) groups excluding carboxylic acids is 2. The molecular weight excluding hydrogens is 356 g/mol. The minimum Gasteiger partial charge on any atom is -0.457 e. The molecule has 0 aliphatic heterocycles. The molecule has 3 rings (SSSR count). The van der Waals surface area contributed by atoms with E-state index in [4.69, 9.17) is 10.5 Å². The summed E-state index contributed by atoms with van der Waals surface area (Å²) in [4.78, 5) is 28.4. The molecule has 4 N–H and O–H groups in total. The quantitative estimate of drug-likeness (QED) is 0.736. The highest BCUT2D eigenvalue weighted by Gasteiger charge is 2.35. The van der Waals surface area contributed by atoms with Gasteiger partial charge in [0.05, 0.1) is 5.54 Å². The van der Waals surface area contributed by atoms with Crippen molar-refractivity contribution in [1.82, 2.24) is 10.3 Å². The van der Waals surface area contributed by atoms with Crippen LogP contribution in [0.4, 0.5) is 5.69 Å². The van der Waals surface area contributed by atoms with E-state index in [0.717, 1.165) is 24.8 Å². The monoisotopic (exact) mass is 382 g/mol. The molecule has 1 heterocycles. The van der Waals surface area contributed by atoms with Crippen LogP contribution in [0.3, 0.4) is 0 Å². The second-order valence-corrected chi connectivity index (χ2v) is 7.21. The zero-order chi connectivity index (χ0) is 20.1. The van der Waals surface area contributed by atoms with Crippen LogP contribution in [0.15, 0.2) is 36.5 Å². The van der Waals surface area contributed by atoms with Crippen LogP contribution >= 0.6 is 0 Å². The molecule has 0 unspecified atom stereocenters. The first-order valence-electron chi connectivity index (χ1n) is 9.48. The maximum Gasteiger partial charge on any atom is 0.269 e. The van der Waals surface area contributed by atoms with Crippen molar-refractivity contribution < 1.29 is 14.3 Å². The lowest BCUT2D eigenvalue weighted by Gasteiger charge is -2.31. The number of benzene rings is 1. The smallest absolute Gasteiger partial charge is 0.269 e. The third-order valence-electron chi connectivity index (χ3n) is 5.06. The maximum atomic E-state index is 12.7. The van der Waals surface area contributed by atoms with Crippen molar-refractivity contribution in [2.24, 2.45) is 5.73 Å². The fraction of sp³-hybridized carbons (Fsp3) is 0.381. The molecular formula is C21H26N4O3. The first-order valence-corrected chi connectivity index (χ1v) is 9.48. The van der Waals surface area contributed by atoms with Gasteiger partial charge in [-0.15, -0.1) is 0 Å². The van der Waals surface area contributed by atoms with Crippen LogP contribution < -0.4 is 21.1 Å². The molecule has 2 aromatic rings. The molecule has 1 saturated carbocycles. The van der Waals surface area contributed by atoms with Crippen LogP contribution in [0.5, 0.6) is 11.5 Å². The maximum absolute atomic E-state index is 12.7. The summed E-state index contributed by atoms with van der Waals surface area (Å²) >= 11 is 0. The van der Waals surface area contributed by atoms with Gasteiger partial charge in [-0.05, 0) is 37.5 Å². The molecule has 0 saturated heterocycles. The van der Waals surface area contributed by atoms with E-state index in [1.54, 1.807) is 25.2 Å². The van der Waals surface area contributed by atoms with Crippen molar-refractivity contribution in [1.29, 1.82) is 0 Å². The molecule has 1 aliphatic carbocycles. The molecule has 1 fully saturated rings. The normalized spacial score (nSPS) is 15.5. The van der Waals surface area contributed by atoms with Crippen molar-refractivity contribution in [3.63, 3.8) is 0 Å². The van der Waals surface area contributed by atoms with Gasteiger partial charge in [0.2, 0.25) is 5.91 Å². The lowest BCUT2D eigenvalue weighted by Crippen LogP contribution is -2.52. The molecule has 1 aliphatic rings. The third-order valence-corrected chi connectivity index (χ3v) is 5.06. The van der Waals surface area contributed by atoms with Gasteiger partial charge < -0.3 is 21.1 Å². The number of amides is 2. The number of hydrogen-bond donors (Lipinski definition) is 3. The molecule has 7 heteroatoms. The SMILES string of the molecule is CNC(=O)c1cc(Oc2cc(NC(=O)C3(N)CCCCC3)ccc2C)ccn1. The van der Waals surface area contributed by atoms with Gasteiger partial charge in [0, 0.05) is 31.1 Å². The molecule has 1 aromatic heterocycles. The summed E-state index contributed by atoms with van der Waals surface area (Å²) in [7, 11) is 1.55. The lowest BCUT2D eigenvalue weighted by atomic mass is 9.82. The Hall–Kier alpha value is -2.93. The zero-order valence-corrected chi connectivity index (χ0v) is 16.2. The van der Waals surface area contributed by atoms with Crippen LogP contribution in [-0.4, -0.2) is 29.4 Å². The summed E-state index contributed by atoms with van der Waals surface area (Å²) in [6.07, 6.45) is 5.99. The van der Waals surface area contributed by atoms with E-state index in [2.05, 4.69) is 15.6 Å². The molecule has 7 nitrogen and oxygen atoms in total. The van der Waals surface area contributed by atoms with Gasteiger partial charge in [-0.25, -0.2) is 0 Å². The largest absolute Gasteiger partial charge is 0.457 e. The number of nitrogens with one attached hydrogen (secondary N) is 2. The van der Waals surface area contributed by atoms with E-state index in [9.17, 15) is 9.59 Å². The standard InChI is InChI=1S/C21H26N4O3/c1-14-6-7-15(25-20(27)21(22)9-4-3-5-10-21)12-18(14)28-16-8-11-24-17(13-16)19(26)23-2/h6-8,11-13H,3-5,9-10,22H2,1-2H3,(H,23,26)(H,25,27). The number of pyridine rings is 1. The molecule has 1 aromatic carbocycles. The number of aromatic nitrogens is 1. The Balaban J connectivity index is 1.76. The molecule has 0 spiro atoms. The van der Waals surface area contributed by atoms with Crippen LogP contribution in [0.2, 0.25) is 0 Å². The first kappa shape index (κ1) is 19.8. The van der Waals surface area contributed by atoms with Crippen LogP contribution in [0.25, 0.3) is 0 Å². The predicted molar refractivity (Wildman–Crippen MR) is 108 cm³/mol. The summed E-state index contributed by atoms with van der Waals surface area (Å²) in [6.45, 7) is 1.91. The van der Waals surface area contributed by atoms with E-state index in [-0.39, 0.29) is 17.5 Å². The van der Waals surface area contributed by atoms with Crippen molar-refractivity contribution in [3.8, 4) is 11.5 Å². The summed E-state index contributed by atoms with van der Waals surface area (Å²) in [5.41, 5.74) is 7.30. The first-order chi connectivity index (χ1) is 13.4. The van der Waals surface area contributed by atoms with E-state index >= 15 is 0 Å². The average Bonchev–Trinajstić information content (AvgIpc) is 2.70. The van der Waals surface area contributed by atoms with Crippen molar-refractivity contribution in [2.45, 2.75) is 44.6 Å². The Labute approximate surface area is 164 Å². The van der Waals surface area contributed by atoms with Crippen molar-refractivity contribution >= 4 is 17.5 Å². The Morgan fingerprint density at radius 2 is 1.89 bits per heavy atom. The van der Waals surface area contributed by atoms with Gasteiger partial charge in [-0.3, -0.25) is 14.6 Å².